The molecule has 0 saturated heterocycles. The molecule has 0 bridgehead atoms. The van der Waals surface area contributed by atoms with Gasteiger partial charge in [0.15, 0.2) is 0 Å². The zero-order valence-electron chi connectivity index (χ0n) is 35.1. The molecule has 0 aliphatic carbocycles. The number of rotatable bonds is 8. The van der Waals surface area contributed by atoms with Crippen LogP contribution in [-0.4, -0.2) is 35.1 Å². The van der Waals surface area contributed by atoms with E-state index in [1.165, 1.54) is 32.6 Å². The number of carbonyl (C=O) groups is 1. The normalized spacial score (nSPS) is 10.1. The van der Waals surface area contributed by atoms with Crippen molar-refractivity contribution < 1.29 is 4.79 Å². The number of aldehydes is 1. The Labute approximate surface area is 387 Å². The first-order valence-electron chi connectivity index (χ1n) is 20.0. The van der Waals surface area contributed by atoms with Crippen LogP contribution in [0.4, 0.5) is 0 Å². The SMILES string of the molecule is C(=C\c1n[nH]c2ccccc12)/c1ccccc1.CC.CC.II.O=Cc1ccccc1.[B].c1ccc([P+](Cc2[nH]nc3ccccc23)(c2ccccc2)c2ccccc2)cc1. The first-order valence-corrected chi connectivity index (χ1v) is 28.3. The van der Waals surface area contributed by atoms with Gasteiger partial charge in [0, 0.05) is 62.0 Å². The monoisotopic (exact) mass is 1040 g/mol. The molecule has 9 heteroatoms. The maximum atomic E-state index is 10.0. The molecule has 0 aliphatic rings. The Kier molecular flexibility index (Phi) is 23.4. The summed E-state index contributed by atoms with van der Waals surface area (Å²) in [6.07, 6.45) is 5.85. The molecular weight excluding hydrogens is 992 g/mol. The van der Waals surface area contributed by atoms with E-state index in [0.717, 1.165) is 40.1 Å². The number of fused-ring (bicyclic) bond motifs is 2. The Bertz CT molecular complexity index is 2460. The average Bonchev–Trinajstić information content (AvgIpc) is 3.97. The molecule has 0 amide bonds. The molecule has 0 atom stereocenters. The van der Waals surface area contributed by atoms with Gasteiger partial charge in [0.05, 0.1) is 22.4 Å². The molecule has 0 aliphatic heterocycles. The molecule has 9 rings (SSSR count). The number of nitrogens with one attached hydrogen (secondary N) is 2. The fourth-order valence-corrected chi connectivity index (χ4v) is 10.7. The molecule has 307 valence electrons. The number of carbonyl (C=O) groups excluding carboxylic acids is 1. The second kappa shape index (κ2) is 28.4. The van der Waals surface area contributed by atoms with Gasteiger partial charge in [-0.15, -0.1) is 0 Å². The number of halogens is 2. The van der Waals surface area contributed by atoms with Crippen molar-refractivity contribution in [1.82, 2.24) is 20.4 Å². The molecule has 5 nitrogen and oxygen atoms in total. The summed E-state index contributed by atoms with van der Waals surface area (Å²) in [5.74, 6) is 0. The summed E-state index contributed by atoms with van der Waals surface area (Å²) in [5, 5.41) is 21.8. The molecule has 2 aromatic heterocycles. The molecule has 9 aromatic rings. The van der Waals surface area contributed by atoms with Crippen LogP contribution in [0.3, 0.4) is 0 Å². The lowest BCUT2D eigenvalue weighted by atomic mass is 10.1. The van der Waals surface area contributed by atoms with E-state index in [1.807, 2.05) is 94.4 Å². The molecular formula is C52H52BI2N4OP+. The van der Waals surface area contributed by atoms with E-state index in [0.29, 0.717) is 0 Å². The fraction of sp³-hybridized carbons (Fsp3) is 0.0962. The van der Waals surface area contributed by atoms with Gasteiger partial charge in [-0.1, -0.05) is 185 Å². The maximum absolute atomic E-state index is 10.0. The second-order valence-electron chi connectivity index (χ2n) is 12.6. The highest BCUT2D eigenvalue weighted by atomic mass is 128. The topological polar surface area (TPSA) is 74.4 Å². The maximum Gasteiger partial charge on any atom is 0.150 e. The van der Waals surface area contributed by atoms with Crippen LogP contribution < -0.4 is 15.9 Å². The predicted octanol–water partition coefficient (Wildman–Crippen LogP) is 13.7. The van der Waals surface area contributed by atoms with Crippen LogP contribution in [0.25, 0.3) is 34.0 Å². The highest BCUT2D eigenvalue weighted by Crippen LogP contribution is 2.58. The minimum Gasteiger partial charge on any atom is -0.298 e. The molecule has 0 spiro atoms. The van der Waals surface area contributed by atoms with E-state index < -0.39 is 7.26 Å². The first kappa shape index (κ1) is 50.2. The molecule has 61 heavy (non-hydrogen) atoms. The smallest absolute Gasteiger partial charge is 0.150 e. The van der Waals surface area contributed by atoms with E-state index in [2.05, 4.69) is 191 Å². The number of benzene rings is 7. The summed E-state index contributed by atoms with van der Waals surface area (Å²) in [6, 6.07) is 68.8. The van der Waals surface area contributed by atoms with Crippen molar-refractivity contribution in [2.45, 2.75) is 33.9 Å². The van der Waals surface area contributed by atoms with Crippen LogP contribution in [0.5, 0.6) is 0 Å². The zero-order valence-corrected chi connectivity index (χ0v) is 40.3. The lowest BCUT2D eigenvalue weighted by Gasteiger charge is -2.27. The number of aromatic nitrogens is 4. The number of hydrogen-bond acceptors (Lipinski definition) is 3. The summed E-state index contributed by atoms with van der Waals surface area (Å²) in [5.41, 5.74) is 6.18. The van der Waals surface area contributed by atoms with Crippen molar-refractivity contribution in [2.24, 2.45) is 0 Å². The van der Waals surface area contributed by atoms with Gasteiger partial charge in [0.2, 0.25) is 0 Å². The minimum absolute atomic E-state index is 0. The van der Waals surface area contributed by atoms with E-state index in [1.54, 1.807) is 12.1 Å². The van der Waals surface area contributed by atoms with Crippen LogP contribution in [0.15, 0.2) is 200 Å². The summed E-state index contributed by atoms with van der Waals surface area (Å²) in [4.78, 5) is 10.0. The van der Waals surface area contributed by atoms with E-state index in [-0.39, 0.29) is 8.41 Å². The molecule has 2 heterocycles. The summed E-state index contributed by atoms with van der Waals surface area (Å²) in [6.45, 7) is 8.00. The van der Waals surface area contributed by atoms with Gasteiger partial charge in [0.25, 0.3) is 0 Å². The summed E-state index contributed by atoms with van der Waals surface area (Å²) < 4.78 is 0. The molecule has 0 fully saturated rings. The number of aromatic amines is 2. The zero-order chi connectivity index (χ0) is 42.8. The van der Waals surface area contributed by atoms with Gasteiger partial charge in [-0.05, 0) is 60.2 Å². The number of nitrogens with zero attached hydrogens (tertiary/aromatic N) is 2. The largest absolute Gasteiger partial charge is 0.298 e. The van der Waals surface area contributed by atoms with Crippen molar-refractivity contribution in [3.8, 4) is 0 Å². The Balaban J connectivity index is 0.000000262. The molecule has 0 saturated carbocycles. The van der Waals surface area contributed by atoms with Crippen molar-refractivity contribution >= 4 is 109 Å². The van der Waals surface area contributed by atoms with E-state index in [9.17, 15) is 4.79 Å². The Morgan fingerprint density at radius 2 is 0.885 bits per heavy atom. The molecule has 2 N–H and O–H groups in total. The average molecular weight is 1040 g/mol. The van der Waals surface area contributed by atoms with Crippen LogP contribution in [-0.2, 0) is 6.16 Å². The van der Waals surface area contributed by atoms with Crippen LogP contribution in [0.1, 0.15) is 55.0 Å². The number of hydrogen-bond donors (Lipinski definition) is 2. The van der Waals surface area contributed by atoms with Crippen molar-refractivity contribution in [2.75, 3.05) is 0 Å². The standard InChI is InChI=1S/C26H22N2P.C15H12N2.C7H6O.2C2H6.B.I2/c1-4-12-21(13-5-1)29(22-14-6-2-7-15-22,23-16-8-3-9-17-23)20-26-24-18-10-11-19-25(24)27-28-26;1-2-6-12(7-3-1)10-11-15-13-8-4-5-9-14(13)16-17-15;8-6-7-4-2-1-3-5-7;2*1-2;;1-2/h1-19H,20H2,(H,27,28);1-11H,(H,16,17);1-6H;2*1-2H3;;/q+1;;;;;;/b;11-10+;;;;;. The van der Waals surface area contributed by atoms with Gasteiger partial charge in [-0.2, -0.15) is 10.2 Å². The molecule has 0 unspecified atom stereocenters. The number of para-hydroxylation sites is 2. The van der Waals surface area contributed by atoms with Gasteiger partial charge in [-0.3, -0.25) is 15.0 Å². The third kappa shape index (κ3) is 13.9. The fourth-order valence-electron chi connectivity index (χ4n) is 6.52. The Hall–Kier alpha value is -5.16. The first-order chi connectivity index (χ1) is 29.7. The van der Waals surface area contributed by atoms with Gasteiger partial charge < -0.3 is 0 Å². The van der Waals surface area contributed by atoms with E-state index in [4.69, 9.17) is 0 Å². The van der Waals surface area contributed by atoms with Crippen LogP contribution in [0.2, 0.25) is 0 Å². The van der Waals surface area contributed by atoms with Gasteiger partial charge in [-0.25, -0.2) is 0 Å². The highest BCUT2D eigenvalue weighted by molar-refractivity contribution is 15.0. The lowest BCUT2D eigenvalue weighted by Crippen LogP contribution is -2.32. The van der Waals surface area contributed by atoms with Crippen molar-refractivity contribution in [1.29, 1.82) is 0 Å². The van der Waals surface area contributed by atoms with Crippen molar-refractivity contribution in [3.63, 3.8) is 0 Å². The summed E-state index contributed by atoms with van der Waals surface area (Å²) in [7, 11) is -1.92. The molecule has 3 radical (unpaired) electrons. The minimum atomic E-state index is -1.92. The van der Waals surface area contributed by atoms with E-state index >= 15 is 0 Å². The highest BCUT2D eigenvalue weighted by Gasteiger charge is 2.46. The quantitative estimate of drug-likeness (QED) is 0.0689. The van der Waals surface area contributed by atoms with Crippen molar-refractivity contribution in [3.05, 3.63) is 223 Å². The Morgan fingerprint density at radius 1 is 0.475 bits per heavy atom. The third-order valence-electron chi connectivity index (χ3n) is 9.20. The third-order valence-corrected chi connectivity index (χ3v) is 13.5. The van der Waals surface area contributed by atoms with Gasteiger partial charge >= 0.3 is 0 Å². The Morgan fingerprint density at radius 3 is 1.36 bits per heavy atom. The summed E-state index contributed by atoms with van der Waals surface area (Å²) >= 11 is 4.24. The molecule has 7 aromatic carbocycles. The van der Waals surface area contributed by atoms with Crippen LogP contribution >= 0.6 is 44.5 Å². The van der Waals surface area contributed by atoms with Gasteiger partial charge in [0.1, 0.15) is 35.6 Å². The predicted molar refractivity (Wildman–Crippen MR) is 285 cm³/mol. The lowest BCUT2D eigenvalue weighted by molar-refractivity contribution is 0.112. The number of H-pyrrole nitrogens is 2. The second-order valence-corrected chi connectivity index (χ2v) is 16.1. The van der Waals surface area contributed by atoms with Crippen LogP contribution in [0, 0.1) is 0 Å².